The van der Waals surface area contributed by atoms with Crippen LogP contribution in [-0.4, -0.2) is 56.1 Å². The summed E-state index contributed by atoms with van der Waals surface area (Å²) >= 11 is 6.10. The first-order valence-corrected chi connectivity index (χ1v) is 10.8. The summed E-state index contributed by atoms with van der Waals surface area (Å²) in [5.74, 6) is -0.167. The quantitative estimate of drug-likeness (QED) is 0.808. The Morgan fingerprint density at radius 2 is 1.70 bits per heavy atom. The first-order chi connectivity index (χ1) is 14.6. The van der Waals surface area contributed by atoms with Gasteiger partial charge >= 0.3 is 0 Å². The second-order valence-electron chi connectivity index (χ2n) is 7.68. The van der Waals surface area contributed by atoms with Gasteiger partial charge in [-0.3, -0.25) is 9.59 Å². The van der Waals surface area contributed by atoms with Crippen molar-refractivity contribution < 1.29 is 14.3 Å². The molecule has 0 aromatic heterocycles. The maximum atomic E-state index is 12.9. The maximum absolute atomic E-state index is 12.9. The predicted molar refractivity (Wildman–Crippen MR) is 118 cm³/mol. The monoisotopic (exact) mass is 427 g/mol. The summed E-state index contributed by atoms with van der Waals surface area (Å²) in [7, 11) is 0. The fourth-order valence-electron chi connectivity index (χ4n) is 4.02. The first kappa shape index (κ1) is 20.7. The van der Waals surface area contributed by atoms with E-state index in [1.54, 1.807) is 17.0 Å². The van der Waals surface area contributed by atoms with Crippen molar-refractivity contribution in [3.63, 3.8) is 0 Å². The predicted octanol–water partition coefficient (Wildman–Crippen LogP) is 3.67. The number of para-hydroxylation sites is 1. The minimum absolute atomic E-state index is 0.0250. The Labute approximate surface area is 181 Å². The van der Waals surface area contributed by atoms with E-state index in [-0.39, 0.29) is 17.7 Å². The Bertz CT molecular complexity index is 906. The third kappa shape index (κ3) is 4.77. The van der Waals surface area contributed by atoms with Crippen molar-refractivity contribution in [2.24, 2.45) is 5.92 Å². The Morgan fingerprint density at radius 3 is 2.43 bits per heavy atom. The van der Waals surface area contributed by atoms with E-state index in [1.165, 1.54) is 0 Å². The minimum Gasteiger partial charge on any atom is -0.378 e. The van der Waals surface area contributed by atoms with E-state index in [9.17, 15) is 9.59 Å². The fourth-order valence-corrected chi connectivity index (χ4v) is 4.21. The largest absolute Gasteiger partial charge is 0.378 e. The number of nitrogens with zero attached hydrogens (tertiary/aromatic N) is 2. The van der Waals surface area contributed by atoms with Crippen LogP contribution in [0.1, 0.15) is 23.2 Å². The molecule has 0 spiro atoms. The average Bonchev–Trinajstić information content (AvgIpc) is 2.79. The molecular weight excluding hydrogens is 402 g/mol. The van der Waals surface area contributed by atoms with Crippen molar-refractivity contribution in [3.05, 3.63) is 59.1 Å². The lowest BCUT2D eigenvalue weighted by Gasteiger charge is -2.33. The summed E-state index contributed by atoms with van der Waals surface area (Å²) in [5, 5.41) is 3.72. The molecule has 158 valence electrons. The molecule has 2 aromatic rings. The number of amides is 2. The zero-order valence-corrected chi connectivity index (χ0v) is 17.6. The van der Waals surface area contributed by atoms with Crippen LogP contribution in [0.2, 0.25) is 5.02 Å². The summed E-state index contributed by atoms with van der Waals surface area (Å²) < 4.78 is 5.33. The summed E-state index contributed by atoms with van der Waals surface area (Å²) in [6.07, 6.45) is 1.52. The molecule has 4 rings (SSSR count). The summed E-state index contributed by atoms with van der Waals surface area (Å²) in [6.45, 7) is 3.84. The van der Waals surface area contributed by atoms with E-state index >= 15 is 0 Å². The van der Waals surface area contributed by atoms with Gasteiger partial charge in [-0.1, -0.05) is 29.8 Å². The first-order valence-electron chi connectivity index (χ1n) is 10.4. The molecular formula is C23H26ClN3O3. The van der Waals surface area contributed by atoms with Gasteiger partial charge in [-0.05, 0) is 43.2 Å². The Hall–Kier alpha value is -2.57. The Kier molecular flexibility index (Phi) is 6.55. The molecule has 0 bridgehead atoms. The van der Waals surface area contributed by atoms with Crippen LogP contribution in [-0.2, 0) is 9.53 Å². The molecule has 2 amide bonds. The van der Waals surface area contributed by atoms with E-state index in [2.05, 4.69) is 10.2 Å². The Morgan fingerprint density at radius 1 is 0.967 bits per heavy atom. The molecule has 6 nitrogen and oxygen atoms in total. The second kappa shape index (κ2) is 9.49. The number of halogens is 1. The van der Waals surface area contributed by atoms with Gasteiger partial charge < -0.3 is 19.9 Å². The highest BCUT2D eigenvalue weighted by Gasteiger charge is 2.27. The third-order valence-corrected chi connectivity index (χ3v) is 5.99. The zero-order valence-electron chi connectivity index (χ0n) is 16.9. The third-order valence-electron chi connectivity index (χ3n) is 5.75. The molecule has 0 radical (unpaired) electrons. The Balaban J connectivity index is 1.38. The number of carbonyl (C=O) groups excluding carboxylic acids is 2. The van der Waals surface area contributed by atoms with Crippen molar-refractivity contribution in [1.29, 1.82) is 0 Å². The number of carbonyl (C=O) groups is 2. The van der Waals surface area contributed by atoms with E-state index in [4.69, 9.17) is 16.3 Å². The molecule has 2 saturated heterocycles. The number of morpholine rings is 1. The van der Waals surface area contributed by atoms with Crippen LogP contribution in [0, 0.1) is 5.92 Å². The molecule has 2 fully saturated rings. The number of hydrogen-bond donors (Lipinski definition) is 1. The molecule has 0 unspecified atom stereocenters. The van der Waals surface area contributed by atoms with Gasteiger partial charge in [0.05, 0.1) is 24.5 Å². The SMILES string of the molecule is O=C(Nc1ccccc1C(=O)N1CCOCC1)C1CCN(c2cccc(Cl)c2)CC1. The molecule has 7 heteroatoms. The molecule has 1 N–H and O–H groups in total. The summed E-state index contributed by atoms with van der Waals surface area (Å²) in [5.41, 5.74) is 2.20. The number of hydrogen-bond acceptors (Lipinski definition) is 4. The smallest absolute Gasteiger partial charge is 0.256 e. The maximum Gasteiger partial charge on any atom is 0.256 e. The number of piperidine rings is 1. The van der Waals surface area contributed by atoms with Gasteiger partial charge in [0.1, 0.15) is 0 Å². The molecule has 2 heterocycles. The zero-order chi connectivity index (χ0) is 20.9. The van der Waals surface area contributed by atoms with Crippen molar-refractivity contribution >= 4 is 34.8 Å². The molecule has 2 aliphatic heterocycles. The lowest BCUT2D eigenvalue weighted by molar-refractivity contribution is -0.120. The van der Waals surface area contributed by atoms with Crippen LogP contribution in [0.4, 0.5) is 11.4 Å². The van der Waals surface area contributed by atoms with Crippen LogP contribution in [0.25, 0.3) is 0 Å². The van der Waals surface area contributed by atoms with Gasteiger partial charge in [0.25, 0.3) is 5.91 Å². The number of nitrogens with one attached hydrogen (secondary N) is 1. The highest BCUT2D eigenvalue weighted by molar-refractivity contribution is 6.30. The topological polar surface area (TPSA) is 61.9 Å². The molecule has 0 saturated carbocycles. The van der Waals surface area contributed by atoms with Gasteiger partial charge in [0.15, 0.2) is 0 Å². The van der Waals surface area contributed by atoms with E-state index < -0.39 is 0 Å². The van der Waals surface area contributed by atoms with Crippen LogP contribution in [0.5, 0.6) is 0 Å². The van der Waals surface area contributed by atoms with Crippen LogP contribution in [0.15, 0.2) is 48.5 Å². The van der Waals surface area contributed by atoms with Gasteiger partial charge in [-0.2, -0.15) is 0 Å². The second-order valence-corrected chi connectivity index (χ2v) is 8.12. The highest BCUT2D eigenvalue weighted by Crippen LogP contribution is 2.27. The van der Waals surface area contributed by atoms with E-state index in [0.29, 0.717) is 42.6 Å². The van der Waals surface area contributed by atoms with Crippen LogP contribution < -0.4 is 10.2 Å². The van der Waals surface area contributed by atoms with Gasteiger partial charge in [0.2, 0.25) is 5.91 Å². The van der Waals surface area contributed by atoms with Crippen molar-refractivity contribution in [3.8, 4) is 0 Å². The van der Waals surface area contributed by atoms with Crippen molar-refractivity contribution in [2.45, 2.75) is 12.8 Å². The number of ether oxygens (including phenoxy) is 1. The molecule has 30 heavy (non-hydrogen) atoms. The number of rotatable bonds is 4. The lowest BCUT2D eigenvalue weighted by atomic mass is 9.95. The minimum atomic E-state index is -0.0769. The lowest BCUT2D eigenvalue weighted by Crippen LogP contribution is -2.41. The molecule has 0 atom stereocenters. The van der Waals surface area contributed by atoms with Crippen LogP contribution >= 0.6 is 11.6 Å². The van der Waals surface area contributed by atoms with E-state index in [1.807, 2.05) is 36.4 Å². The van der Waals surface area contributed by atoms with Gasteiger partial charge in [-0.15, -0.1) is 0 Å². The normalized spacial score (nSPS) is 17.6. The van der Waals surface area contributed by atoms with Crippen molar-refractivity contribution in [1.82, 2.24) is 4.90 Å². The standard InChI is InChI=1S/C23H26ClN3O3/c24-18-4-3-5-19(16-18)26-10-8-17(9-11-26)22(28)25-21-7-2-1-6-20(21)23(29)27-12-14-30-15-13-27/h1-7,16-17H,8-15H2,(H,25,28). The van der Waals surface area contributed by atoms with Gasteiger partial charge in [-0.25, -0.2) is 0 Å². The van der Waals surface area contributed by atoms with Crippen LogP contribution in [0.3, 0.4) is 0 Å². The van der Waals surface area contributed by atoms with Crippen molar-refractivity contribution in [2.75, 3.05) is 49.6 Å². The fraction of sp³-hybridized carbons (Fsp3) is 0.391. The number of benzene rings is 2. The average molecular weight is 428 g/mol. The highest BCUT2D eigenvalue weighted by atomic mass is 35.5. The molecule has 2 aliphatic rings. The summed E-state index contributed by atoms with van der Waals surface area (Å²) in [6, 6.07) is 15.0. The van der Waals surface area contributed by atoms with E-state index in [0.717, 1.165) is 31.6 Å². The summed E-state index contributed by atoms with van der Waals surface area (Å²) in [4.78, 5) is 29.9. The number of anilines is 2. The van der Waals surface area contributed by atoms with Gasteiger partial charge in [0, 0.05) is 42.8 Å². The molecule has 2 aromatic carbocycles. The molecule has 0 aliphatic carbocycles.